The molecule has 0 aliphatic heterocycles. The predicted molar refractivity (Wildman–Crippen MR) is 123 cm³/mol. The number of methoxy groups -OCH3 is 1. The quantitative estimate of drug-likeness (QED) is 0.589. The molecular formula is C23H25ClN4O4. The molecule has 0 aliphatic carbocycles. The molecule has 0 unspecified atom stereocenters. The van der Waals surface area contributed by atoms with E-state index in [2.05, 4.69) is 10.4 Å². The number of nitrogens with one attached hydrogen (secondary N) is 1. The van der Waals surface area contributed by atoms with E-state index in [0.29, 0.717) is 28.4 Å². The van der Waals surface area contributed by atoms with Gasteiger partial charge in [-0.05, 0) is 55.7 Å². The van der Waals surface area contributed by atoms with E-state index in [1.807, 2.05) is 20.8 Å². The van der Waals surface area contributed by atoms with Gasteiger partial charge in [0.05, 0.1) is 19.3 Å². The Morgan fingerprint density at radius 1 is 1.22 bits per heavy atom. The molecule has 1 heterocycles. The van der Waals surface area contributed by atoms with Gasteiger partial charge >= 0.3 is 5.69 Å². The van der Waals surface area contributed by atoms with Crippen molar-refractivity contribution in [1.29, 1.82) is 0 Å². The van der Waals surface area contributed by atoms with Crippen molar-refractivity contribution in [2.24, 2.45) is 0 Å². The molecule has 1 aromatic heterocycles. The van der Waals surface area contributed by atoms with Gasteiger partial charge < -0.3 is 10.1 Å². The van der Waals surface area contributed by atoms with Gasteiger partial charge in [-0.2, -0.15) is 9.78 Å². The highest BCUT2D eigenvalue weighted by Crippen LogP contribution is 2.18. The first kappa shape index (κ1) is 23.3. The van der Waals surface area contributed by atoms with Crippen LogP contribution in [0.5, 0.6) is 5.75 Å². The van der Waals surface area contributed by atoms with Crippen LogP contribution in [0, 0.1) is 6.92 Å². The van der Waals surface area contributed by atoms with E-state index in [1.54, 1.807) is 42.5 Å². The molecule has 0 bridgehead atoms. The minimum Gasteiger partial charge on any atom is -0.497 e. The first-order valence-electron chi connectivity index (χ1n) is 10.2. The van der Waals surface area contributed by atoms with Crippen LogP contribution in [0.15, 0.2) is 52.1 Å². The molecule has 0 saturated carbocycles. The average molecular weight is 457 g/mol. The molecule has 0 saturated heterocycles. The van der Waals surface area contributed by atoms with Gasteiger partial charge in [0.15, 0.2) is 0 Å². The van der Waals surface area contributed by atoms with Crippen LogP contribution in [-0.2, 0) is 6.54 Å². The summed E-state index contributed by atoms with van der Waals surface area (Å²) in [7, 11) is 1.53. The Hall–Kier alpha value is -3.39. The number of carbonyl (C=O) groups excluding carboxylic acids is 1. The molecule has 3 aromatic rings. The van der Waals surface area contributed by atoms with E-state index >= 15 is 0 Å². The number of amides is 1. The van der Waals surface area contributed by atoms with Crippen molar-refractivity contribution in [3.8, 4) is 11.4 Å². The van der Waals surface area contributed by atoms with Crippen LogP contribution >= 0.6 is 11.6 Å². The average Bonchev–Trinajstić information content (AvgIpc) is 2.78. The molecule has 0 spiro atoms. The predicted octanol–water partition coefficient (Wildman–Crippen LogP) is 2.94. The number of ether oxygens (including phenoxy) is 1. The molecule has 32 heavy (non-hydrogen) atoms. The number of aryl methyl sites for hydroxylation is 1. The number of hydrogen-bond donors (Lipinski definition) is 1. The summed E-state index contributed by atoms with van der Waals surface area (Å²) in [4.78, 5) is 39.2. The van der Waals surface area contributed by atoms with Gasteiger partial charge in [0.25, 0.3) is 11.5 Å². The SMILES string of the molecule is CC[C@H](C)NC(=O)c1nn(-c2ccc(C)c(Cl)c2)c(=O)n(Cc2cccc(OC)c2)c1=O. The van der Waals surface area contributed by atoms with Gasteiger partial charge in [-0.15, -0.1) is 0 Å². The highest BCUT2D eigenvalue weighted by Gasteiger charge is 2.21. The molecular weight excluding hydrogens is 432 g/mol. The van der Waals surface area contributed by atoms with E-state index in [9.17, 15) is 14.4 Å². The Morgan fingerprint density at radius 2 is 1.97 bits per heavy atom. The van der Waals surface area contributed by atoms with Crippen LogP contribution in [-0.4, -0.2) is 33.4 Å². The number of hydrogen-bond acceptors (Lipinski definition) is 5. The second-order valence-corrected chi connectivity index (χ2v) is 7.91. The van der Waals surface area contributed by atoms with E-state index in [4.69, 9.17) is 16.3 Å². The summed E-state index contributed by atoms with van der Waals surface area (Å²) in [6.45, 7) is 5.51. The summed E-state index contributed by atoms with van der Waals surface area (Å²) in [5.74, 6) is -0.0549. The maximum absolute atomic E-state index is 13.3. The normalized spacial score (nSPS) is 11.8. The lowest BCUT2D eigenvalue weighted by Gasteiger charge is -2.15. The maximum atomic E-state index is 13.3. The zero-order valence-corrected chi connectivity index (χ0v) is 19.1. The largest absolute Gasteiger partial charge is 0.497 e. The minimum atomic E-state index is -0.770. The zero-order chi connectivity index (χ0) is 23.4. The van der Waals surface area contributed by atoms with E-state index in [0.717, 1.165) is 14.8 Å². The molecule has 168 valence electrons. The van der Waals surface area contributed by atoms with Crippen LogP contribution in [0.2, 0.25) is 5.02 Å². The lowest BCUT2D eigenvalue weighted by Crippen LogP contribution is -2.47. The number of benzene rings is 2. The standard InChI is InChI=1S/C23H25ClN4O4/c1-5-15(3)25-21(29)20-22(30)27(13-16-7-6-8-18(11-16)32-4)23(31)28(26-20)17-10-9-14(2)19(24)12-17/h6-12,15H,5,13H2,1-4H3,(H,25,29)/t15-/m0/s1. The third-order valence-corrected chi connectivity index (χ3v) is 5.55. The Balaban J connectivity index is 2.20. The van der Waals surface area contributed by atoms with Crippen molar-refractivity contribution in [3.05, 3.63) is 85.1 Å². The third-order valence-electron chi connectivity index (χ3n) is 5.14. The van der Waals surface area contributed by atoms with Crippen LogP contribution in [0.25, 0.3) is 5.69 Å². The summed E-state index contributed by atoms with van der Waals surface area (Å²) < 4.78 is 7.24. The summed E-state index contributed by atoms with van der Waals surface area (Å²) in [5, 5.41) is 7.29. The van der Waals surface area contributed by atoms with Crippen molar-refractivity contribution in [1.82, 2.24) is 19.7 Å². The molecule has 1 N–H and O–H groups in total. The summed E-state index contributed by atoms with van der Waals surface area (Å²) in [6.07, 6.45) is 0.678. The molecule has 0 radical (unpaired) electrons. The monoisotopic (exact) mass is 456 g/mol. The van der Waals surface area contributed by atoms with Gasteiger partial charge in [-0.1, -0.05) is 36.7 Å². The van der Waals surface area contributed by atoms with Gasteiger partial charge in [0.1, 0.15) is 5.75 Å². The van der Waals surface area contributed by atoms with Crippen molar-refractivity contribution in [2.45, 2.75) is 39.8 Å². The molecule has 1 atom stereocenters. The molecule has 9 heteroatoms. The topological polar surface area (TPSA) is 95.2 Å². The number of carbonyl (C=O) groups is 1. The Bertz CT molecular complexity index is 1270. The van der Waals surface area contributed by atoms with Crippen LogP contribution in [0.4, 0.5) is 0 Å². The van der Waals surface area contributed by atoms with Gasteiger partial charge in [-0.3, -0.25) is 14.2 Å². The van der Waals surface area contributed by atoms with Gasteiger partial charge in [0.2, 0.25) is 5.69 Å². The molecule has 0 fully saturated rings. The second-order valence-electron chi connectivity index (χ2n) is 7.50. The number of rotatable bonds is 7. The van der Waals surface area contributed by atoms with Crippen molar-refractivity contribution in [2.75, 3.05) is 7.11 Å². The highest BCUT2D eigenvalue weighted by molar-refractivity contribution is 6.31. The maximum Gasteiger partial charge on any atom is 0.352 e. The summed E-state index contributed by atoms with van der Waals surface area (Å²) in [6, 6.07) is 11.8. The summed E-state index contributed by atoms with van der Waals surface area (Å²) in [5.41, 5.74) is 0.0115. The van der Waals surface area contributed by atoms with E-state index < -0.39 is 17.2 Å². The third kappa shape index (κ3) is 4.91. The fourth-order valence-corrected chi connectivity index (χ4v) is 3.20. The first-order valence-corrected chi connectivity index (χ1v) is 10.6. The Morgan fingerprint density at radius 3 is 2.62 bits per heavy atom. The van der Waals surface area contributed by atoms with E-state index in [1.165, 1.54) is 7.11 Å². The zero-order valence-electron chi connectivity index (χ0n) is 18.4. The van der Waals surface area contributed by atoms with Crippen molar-refractivity contribution < 1.29 is 9.53 Å². The molecule has 1 amide bonds. The van der Waals surface area contributed by atoms with Gasteiger partial charge in [0, 0.05) is 11.1 Å². The van der Waals surface area contributed by atoms with Crippen molar-refractivity contribution >= 4 is 17.5 Å². The first-order chi connectivity index (χ1) is 15.2. The van der Waals surface area contributed by atoms with E-state index in [-0.39, 0.29) is 18.3 Å². The fraction of sp³-hybridized carbons (Fsp3) is 0.304. The smallest absolute Gasteiger partial charge is 0.352 e. The molecule has 0 aliphatic rings. The number of nitrogens with zero attached hydrogens (tertiary/aromatic N) is 3. The lowest BCUT2D eigenvalue weighted by atomic mass is 10.2. The van der Waals surface area contributed by atoms with Crippen LogP contribution in [0.3, 0.4) is 0 Å². The number of halogens is 1. The van der Waals surface area contributed by atoms with Crippen LogP contribution < -0.4 is 21.3 Å². The number of aromatic nitrogens is 3. The van der Waals surface area contributed by atoms with Gasteiger partial charge in [-0.25, -0.2) is 4.79 Å². The van der Waals surface area contributed by atoms with Crippen LogP contribution in [0.1, 0.15) is 41.9 Å². The van der Waals surface area contributed by atoms with Crippen molar-refractivity contribution in [3.63, 3.8) is 0 Å². The lowest BCUT2D eigenvalue weighted by molar-refractivity contribution is 0.0929. The Labute approximate surface area is 190 Å². The fourth-order valence-electron chi connectivity index (χ4n) is 3.03. The molecule has 2 aromatic carbocycles. The second kappa shape index (κ2) is 9.82. The molecule has 3 rings (SSSR count). The molecule has 8 nitrogen and oxygen atoms in total. The minimum absolute atomic E-state index is 0.0550. The summed E-state index contributed by atoms with van der Waals surface area (Å²) >= 11 is 6.24. The Kier molecular flexibility index (Phi) is 7.15. The highest BCUT2D eigenvalue weighted by atomic mass is 35.5.